The van der Waals surface area contributed by atoms with Crippen molar-refractivity contribution in [3.63, 3.8) is 0 Å². The monoisotopic (exact) mass is 383 g/mol. The number of amides is 1. The van der Waals surface area contributed by atoms with Crippen molar-refractivity contribution in [2.24, 2.45) is 0 Å². The first kappa shape index (κ1) is 18.7. The average molecular weight is 383 g/mol. The van der Waals surface area contributed by atoms with E-state index in [2.05, 4.69) is 10.3 Å². The molecule has 1 aromatic heterocycles. The minimum Gasteiger partial charge on any atom is -0.497 e. The van der Waals surface area contributed by atoms with Crippen molar-refractivity contribution in [1.29, 1.82) is 0 Å². The van der Waals surface area contributed by atoms with Gasteiger partial charge in [0.15, 0.2) is 5.79 Å². The molecule has 7 nitrogen and oxygen atoms in total. The maximum atomic E-state index is 12.7. The van der Waals surface area contributed by atoms with Crippen molar-refractivity contribution < 1.29 is 19.0 Å². The second-order valence-electron chi connectivity index (χ2n) is 7.03. The highest BCUT2D eigenvalue weighted by Crippen LogP contribution is 2.31. The largest absolute Gasteiger partial charge is 0.497 e. The summed E-state index contributed by atoms with van der Waals surface area (Å²) in [5, 5.41) is 3.27. The number of nitrogens with one attached hydrogen (secondary N) is 1. The molecular weight excluding hydrogens is 358 g/mol. The molecule has 2 saturated heterocycles. The quantitative estimate of drug-likeness (QED) is 0.856. The van der Waals surface area contributed by atoms with E-state index in [-0.39, 0.29) is 5.91 Å². The third kappa shape index (κ3) is 4.10. The fourth-order valence-electron chi connectivity index (χ4n) is 3.58. The normalized spacial score (nSPS) is 18.2. The zero-order chi connectivity index (χ0) is 19.4. The van der Waals surface area contributed by atoms with E-state index in [0.29, 0.717) is 51.3 Å². The Morgan fingerprint density at radius 3 is 2.46 bits per heavy atom. The van der Waals surface area contributed by atoms with Gasteiger partial charge >= 0.3 is 0 Å². The van der Waals surface area contributed by atoms with Gasteiger partial charge < -0.3 is 24.4 Å². The van der Waals surface area contributed by atoms with Gasteiger partial charge in [-0.15, -0.1) is 0 Å². The zero-order valence-corrected chi connectivity index (χ0v) is 16.0. The molecule has 2 aliphatic rings. The smallest absolute Gasteiger partial charge is 0.255 e. The highest BCUT2D eigenvalue weighted by molar-refractivity contribution is 5.94. The van der Waals surface area contributed by atoms with E-state index in [1.54, 1.807) is 13.3 Å². The Balaban J connectivity index is 1.30. The van der Waals surface area contributed by atoms with Crippen LogP contribution in [0, 0.1) is 0 Å². The summed E-state index contributed by atoms with van der Waals surface area (Å²) in [6.45, 7) is 3.21. The Morgan fingerprint density at radius 1 is 1.14 bits per heavy atom. The summed E-state index contributed by atoms with van der Waals surface area (Å²) < 4.78 is 16.6. The molecule has 4 rings (SSSR count). The van der Waals surface area contributed by atoms with Gasteiger partial charge in [-0.2, -0.15) is 0 Å². The topological polar surface area (TPSA) is 72.9 Å². The van der Waals surface area contributed by atoms with Gasteiger partial charge in [0.2, 0.25) is 0 Å². The first-order valence-electron chi connectivity index (χ1n) is 9.57. The van der Waals surface area contributed by atoms with Crippen LogP contribution in [-0.4, -0.2) is 55.0 Å². The van der Waals surface area contributed by atoms with Gasteiger partial charge in [-0.25, -0.2) is 4.98 Å². The van der Waals surface area contributed by atoms with Crippen molar-refractivity contribution >= 4 is 11.7 Å². The van der Waals surface area contributed by atoms with E-state index < -0.39 is 5.79 Å². The number of hydrogen-bond acceptors (Lipinski definition) is 6. The van der Waals surface area contributed by atoms with Crippen LogP contribution in [-0.2, 0) is 16.0 Å². The van der Waals surface area contributed by atoms with Crippen LogP contribution in [0.3, 0.4) is 0 Å². The highest BCUT2D eigenvalue weighted by Gasteiger charge is 2.40. The predicted octanol–water partition coefficient (Wildman–Crippen LogP) is 2.68. The fourth-order valence-corrected chi connectivity index (χ4v) is 3.58. The second-order valence-corrected chi connectivity index (χ2v) is 7.03. The van der Waals surface area contributed by atoms with Crippen LogP contribution in [0.1, 0.15) is 28.8 Å². The Morgan fingerprint density at radius 2 is 1.86 bits per heavy atom. The number of nitrogens with zero attached hydrogens (tertiary/aromatic N) is 2. The number of hydrogen-bond donors (Lipinski definition) is 1. The fraction of sp³-hybridized carbons (Fsp3) is 0.429. The van der Waals surface area contributed by atoms with Crippen LogP contribution >= 0.6 is 0 Å². The molecule has 0 aliphatic carbocycles. The van der Waals surface area contributed by atoms with Gasteiger partial charge in [-0.05, 0) is 29.8 Å². The molecule has 1 N–H and O–H groups in total. The molecule has 0 atom stereocenters. The Hall–Kier alpha value is -2.64. The molecule has 3 heterocycles. The van der Waals surface area contributed by atoms with Gasteiger partial charge in [0.1, 0.15) is 11.6 Å². The van der Waals surface area contributed by atoms with Gasteiger partial charge in [-0.3, -0.25) is 4.79 Å². The molecule has 1 spiro atoms. The van der Waals surface area contributed by atoms with Crippen molar-refractivity contribution in [3.8, 4) is 5.75 Å². The van der Waals surface area contributed by atoms with Gasteiger partial charge in [0.05, 0.1) is 25.9 Å². The molecule has 28 heavy (non-hydrogen) atoms. The summed E-state index contributed by atoms with van der Waals surface area (Å²) in [4.78, 5) is 19.0. The van der Waals surface area contributed by atoms with Gasteiger partial charge in [-0.1, -0.05) is 12.1 Å². The third-order valence-corrected chi connectivity index (χ3v) is 5.27. The first-order chi connectivity index (χ1) is 13.7. The number of likely N-dealkylation sites (tertiary alicyclic amines) is 1. The summed E-state index contributed by atoms with van der Waals surface area (Å²) in [6.07, 6.45) is 3.06. The van der Waals surface area contributed by atoms with Crippen LogP contribution < -0.4 is 10.1 Å². The summed E-state index contributed by atoms with van der Waals surface area (Å²) in [5.41, 5.74) is 1.72. The van der Waals surface area contributed by atoms with Crippen molar-refractivity contribution in [2.45, 2.75) is 25.2 Å². The molecule has 1 amide bonds. The number of carbonyl (C=O) groups is 1. The van der Waals surface area contributed by atoms with Crippen molar-refractivity contribution in [3.05, 3.63) is 53.7 Å². The van der Waals surface area contributed by atoms with E-state index in [9.17, 15) is 4.79 Å². The van der Waals surface area contributed by atoms with Gasteiger partial charge in [0.25, 0.3) is 5.91 Å². The maximum Gasteiger partial charge on any atom is 0.255 e. The van der Waals surface area contributed by atoms with Gasteiger partial charge in [0, 0.05) is 38.7 Å². The lowest BCUT2D eigenvalue weighted by atomic mass is 10.0. The van der Waals surface area contributed by atoms with Crippen LogP contribution in [0.4, 0.5) is 5.82 Å². The second kappa shape index (κ2) is 8.16. The molecule has 0 unspecified atom stereocenters. The molecule has 2 aliphatic heterocycles. The van der Waals surface area contributed by atoms with E-state index in [1.807, 2.05) is 41.3 Å². The molecule has 1 aromatic carbocycles. The number of aromatic nitrogens is 1. The highest BCUT2D eigenvalue weighted by atomic mass is 16.7. The summed E-state index contributed by atoms with van der Waals surface area (Å²) in [6, 6.07) is 11.5. The van der Waals surface area contributed by atoms with Crippen LogP contribution in [0.25, 0.3) is 0 Å². The molecule has 148 valence electrons. The standard InChI is InChI=1S/C21H25N3O4/c1-26-18-5-2-16(3-6-18)14-22-19-7-4-17(15-23-19)20(25)24-10-8-21(9-11-24)27-12-13-28-21/h2-7,15H,8-14H2,1H3,(H,22,23). The van der Waals surface area contributed by atoms with Crippen LogP contribution in [0.15, 0.2) is 42.6 Å². The summed E-state index contributed by atoms with van der Waals surface area (Å²) >= 11 is 0. The molecule has 0 radical (unpaired) electrons. The van der Waals surface area contributed by atoms with Crippen molar-refractivity contribution in [2.75, 3.05) is 38.7 Å². The SMILES string of the molecule is COc1ccc(CNc2ccc(C(=O)N3CCC4(CC3)OCCO4)cn2)cc1. The Labute approximate surface area is 164 Å². The summed E-state index contributed by atoms with van der Waals surface area (Å²) in [7, 11) is 1.65. The average Bonchev–Trinajstić information content (AvgIpc) is 3.21. The number of pyridine rings is 1. The third-order valence-electron chi connectivity index (χ3n) is 5.27. The van der Waals surface area contributed by atoms with E-state index in [1.165, 1.54) is 0 Å². The number of rotatable bonds is 5. The van der Waals surface area contributed by atoms with E-state index in [4.69, 9.17) is 14.2 Å². The molecule has 0 saturated carbocycles. The first-order valence-corrected chi connectivity index (χ1v) is 9.57. The zero-order valence-electron chi connectivity index (χ0n) is 16.0. The number of carbonyl (C=O) groups excluding carboxylic acids is 1. The number of piperidine rings is 1. The molecule has 2 fully saturated rings. The minimum atomic E-state index is -0.468. The van der Waals surface area contributed by atoms with Crippen LogP contribution in [0.2, 0.25) is 0 Å². The molecule has 2 aromatic rings. The number of benzene rings is 1. The Bertz CT molecular complexity index is 791. The lowest BCUT2D eigenvalue weighted by Gasteiger charge is -2.37. The number of methoxy groups -OCH3 is 1. The minimum absolute atomic E-state index is 0.00190. The van der Waals surface area contributed by atoms with E-state index >= 15 is 0 Å². The van der Waals surface area contributed by atoms with E-state index in [0.717, 1.165) is 17.1 Å². The lowest BCUT2D eigenvalue weighted by Crippen LogP contribution is -2.47. The number of ether oxygens (including phenoxy) is 3. The lowest BCUT2D eigenvalue weighted by molar-refractivity contribution is -0.181. The van der Waals surface area contributed by atoms with Crippen LogP contribution in [0.5, 0.6) is 5.75 Å². The predicted molar refractivity (Wildman–Crippen MR) is 104 cm³/mol. The Kier molecular flexibility index (Phi) is 5.45. The molecular formula is C21H25N3O4. The maximum absolute atomic E-state index is 12.7. The van der Waals surface area contributed by atoms with Crippen molar-refractivity contribution in [1.82, 2.24) is 9.88 Å². The number of anilines is 1. The molecule has 0 bridgehead atoms. The molecule has 7 heteroatoms. The summed E-state index contributed by atoms with van der Waals surface area (Å²) in [5.74, 6) is 1.10.